The molecule has 0 N–H and O–H groups in total. The molecular weight excluding hydrogens is 258 g/mol. The summed E-state index contributed by atoms with van der Waals surface area (Å²) in [5.41, 5.74) is 1.34. The predicted molar refractivity (Wildman–Crippen MR) is 80.5 cm³/mol. The van der Waals surface area contributed by atoms with Crippen molar-refractivity contribution in [2.24, 2.45) is 5.92 Å². The van der Waals surface area contributed by atoms with Gasteiger partial charge in [0, 0.05) is 20.2 Å². The lowest BCUT2D eigenvalue weighted by molar-refractivity contribution is -0.0946. The van der Waals surface area contributed by atoms with Crippen LogP contribution in [-0.2, 0) is 11.3 Å². The Morgan fingerprint density at radius 3 is 2.63 bits per heavy atom. The summed E-state index contributed by atoms with van der Waals surface area (Å²) in [7, 11) is 1.79. The molecule has 0 spiro atoms. The fourth-order valence-electron chi connectivity index (χ4n) is 2.73. The summed E-state index contributed by atoms with van der Waals surface area (Å²) in [6.45, 7) is 6.37. The van der Waals surface area contributed by atoms with Crippen LogP contribution in [0.25, 0.3) is 0 Å². The molecular formula is C16H24ClNO. The maximum atomic E-state index is 6.65. The molecule has 1 saturated heterocycles. The van der Waals surface area contributed by atoms with E-state index in [1.165, 1.54) is 5.56 Å². The molecule has 1 aromatic carbocycles. The predicted octanol–water partition coefficient (Wildman–Crippen LogP) is 3.54. The lowest BCUT2D eigenvalue weighted by Gasteiger charge is -2.50. The maximum Gasteiger partial charge on any atom is 0.0867 e. The van der Waals surface area contributed by atoms with E-state index in [1.807, 2.05) is 0 Å². The third-order valence-electron chi connectivity index (χ3n) is 4.26. The number of hydrogen-bond acceptors (Lipinski definition) is 2. The summed E-state index contributed by atoms with van der Waals surface area (Å²) in [6, 6.07) is 10.9. The molecule has 0 aliphatic carbocycles. The number of rotatable bonds is 6. The Morgan fingerprint density at radius 2 is 2.05 bits per heavy atom. The highest BCUT2D eigenvalue weighted by atomic mass is 35.5. The van der Waals surface area contributed by atoms with Gasteiger partial charge < -0.3 is 4.74 Å². The van der Waals surface area contributed by atoms with Crippen LogP contribution in [-0.4, -0.2) is 36.1 Å². The molecule has 0 radical (unpaired) electrons. The zero-order valence-corrected chi connectivity index (χ0v) is 12.8. The second-order valence-electron chi connectivity index (χ2n) is 5.51. The van der Waals surface area contributed by atoms with Crippen molar-refractivity contribution >= 4 is 11.6 Å². The lowest BCUT2D eigenvalue weighted by atomic mass is 9.87. The van der Waals surface area contributed by atoms with Gasteiger partial charge in [0.1, 0.15) is 0 Å². The smallest absolute Gasteiger partial charge is 0.0867 e. The molecule has 106 valence electrons. The Kier molecular flexibility index (Phi) is 5.26. The van der Waals surface area contributed by atoms with E-state index >= 15 is 0 Å². The van der Waals surface area contributed by atoms with E-state index in [4.69, 9.17) is 16.3 Å². The first kappa shape index (κ1) is 14.8. The van der Waals surface area contributed by atoms with Gasteiger partial charge in [-0.1, -0.05) is 50.6 Å². The molecule has 0 unspecified atom stereocenters. The van der Waals surface area contributed by atoms with Crippen LogP contribution in [0, 0.1) is 5.92 Å². The Bertz CT molecular complexity index is 384. The summed E-state index contributed by atoms with van der Waals surface area (Å²) in [4.78, 5) is 2.44. The number of benzene rings is 1. The highest BCUT2D eigenvalue weighted by Gasteiger charge is 2.44. The summed E-state index contributed by atoms with van der Waals surface area (Å²) >= 11 is 6.65. The van der Waals surface area contributed by atoms with Crippen LogP contribution < -0.4 is 0 Å². The van der Waals surface area contributed by atoms with E-state index < -0.39 is 0 Å². The standard InChI is InChI=1S/C16H24ClNO/c1-4-12(2)15(17)16-14(19-3)11-18(16)10-13-8-6-5-7-9-13/h5-9,12,14-16H,4,10-11H2,1-3H3/t12-,14+,15-,16-/m0/s1. The molecule has 0 saturated carbocycles. The number of nitrogens with zero attached hydrogens (tertiary/aromatic N) is 1. The Hall–Kier alpha value is -0.570. The van der Waals surface area contributed by atoms with E-state index in [0.29, 0.717) is 12.0 Å². The van der Waals surface area contributed by atoms with Crippen molar-refractivity contribution in [3.63, 3.8) is 0 Å². The maximum absolute atomic E-state index is 6.65. The number of methoxy groups -OCH3 is 1. The van der Waals surface area contributed by atoms with Crippen LogP contribution in [0.5, 0.6) is 0 Å². The number of ether oxygens (including phenoxy) is 1. The van der Waals surface area contributed by atoms with Gasteiger partial charge in [-0.2, -0.15) is 0 Å². The molecule has 1 aromatic rings. The molecule has 0 amide bonds. The Balaban J connectivity index is 2.01. The normalized spacial score (nSPS) is 26.7. The number of alkyl halides is 1. The topological polar surface area (TPSA) is 12.5 Å². The van der Waals surface area contributed by atoms with Gasteiger partial charge in [0.15, 0.2) is 0 Å². The first-order valence-corrected chi connectivity index (χ1v) is 7.55. The van der Waals surface area contributed by atoms with Crippen molar-refractivity contribution in [2.75, 3.05) is 13.7 Å². The summed E-state index contributed by atoms with van der Waals surface area (Å²) in [5, 5.41) is 0.160. The Labute approximate surface area is 121 Å². The molecule has 0 aromatic heterocycles. The fraction of sp³-hybridized carbons (Fsp3) is 0.625. The van der Waals surface area contributed by atoms with Crippen molar-refractivity contribution in [3.8, 4) is 0 Å². The van der Waals surface area contributed by atoms with Gasteiger partial charge in [-0.05, 0) is 11.5 Å². The average Bonchev–Trinajstić information content (AvgIpc) is 2.43. The fourth-order valence-corrected chi connectivity index (χ4v) is 3.23. The molecule has 2 nitrogen and oxygen atoms in total. The molecule has 4 atom stereocenters. The third-order valence-corrected chi connectivity index (χ3v) is 4.95. The van der Waals surface area contributed by atoms with E-state index in [1.54, 1.807) is 7.11 Å². The van der Waals surface area contributed by atoms with Crippen LogP contribution in [0.15, 0.2) is 30.3 Å². The summed E-state index contributed by atoms with van der Waals surface area (Å²) in [5.74, 6) is 0.517. The molecule has 0 bridgehead atoms. The summed E-state index contributed by atoms with van der Waals surface area (Å²) < 4.78 is 5.56. The molecule has 1 heterocycles. The minimum Gasteiger partial charge on any atom is -0.378 e. The SMILES string of the molecule is CC[C@H](C)[C@H](Cl)[C@@H]1[C@H](OC)CN1Cc1ccccc1. The van der Waals surface area contributed by atoms with Gasteiger partial charge in [-0.25, -0.2) is 0 Å². The van der Waals surface area contributed by atoms with E-state index in [0.717, 1.165) is 19.5 Å². The quantitative estimate of drug-likeness (QED) is 0.740. The van der Waals surface area contributed by atoms with E-state index in [-0.39, 0.29) is 11.5 Å². The lowest BCUT2D eigenvalue weighted by Crippen LogP contribution is -2.64. The number of halogens is 1. The van der Waals surface area contributed by atoms with Crippen LogP contribution in [0.2, 0.25) is 0 Å². The van der Waals surface area contributed by atoms with Crippen molar-refractivity contribution in [1.82, 2.24) is 4.90 Å². The van der Waals surface area contributed by atoms with E-state index in [2.05, 4.69) is 49.1 Å². The molecule has 19 heavy (non-hydrogen) atoms. The van der Waals surface area contributed by atoms with Crippen LogP contribution in [0.3, 0.4) is 0 Å². The minimum absolute atomic E-state index is 0.160. The van der Waals surface area contributed by atoms with Crippen molar-refractivity contribution in [1.29, 1.82) is 0 Å². The average molecular weight is 282 g/mol. The zero-order valence-electron chi connectivity index (χ0n) is 12.1. The minimum atomic E-state index is 0.160. The van der Waals surface area contributed by atoms with Crippen LogP contribution in [0.1, 0.15) is 25.8 Å². The van der Waals surface area contributed by atoms with Gasteiger partial charge in [0.05, 0.1) is 17.5 Å². The van der Waals surface area contributed by atoms with Crippen molar-refractivity contribution in [3.05, 3.63) is 35.9 Å². The largest absolute Gasteiger partial charge is 0.378 e. The van der Waals surface area contributed by atoms with Crippen LogP contribution in [0.4, 0.5) is 0 Å². The molecule has 3 heteroatoms. The first-order valence-electron chi connectivity index (χ1n) is 7.12. The third kappa shape index (κ3) is 3.31. The molecule has 2 rings (SSSR count). The van der Waals surface area contributed by atoms with Gasteiger partial charge in [-0.3, -0.25) is 4.90 Å². The van der Waals surface area contributed by atoms with Gasteiger partial charge in [-0.15, -0.1) is 11.6 Å². The highest BCUT2D eigenvalue weighted by Crippen LogP contribution is 2.33. The van der Waals surface area contributed by atoms with Crippen molar-refractivity contribution in [2.45, 2.75) is 44.3 Å². The molecule has 1 aliphatic heterocycles. The monoisotopic (exact) mass is 281 g/mol. The number of hydrogen-bond donors (Lipinski definition) is 0. The van der Waals surface area contributed by atoms with Gasteiger partial charge in [0.25, 0.3) is 0 Å². The van der Waals surface area contributed by atoms with Gasteiger partial charge >= 0.3 is 0 Å². The second kappa shape index (κ2) is 6.74. The number of likely N-dealkylation sites (tertiary alicyclic amines) is 1. The zero-order chi connectivity index (χ0) is 13.8. The molecule has 1 aliphatic rings. The second-order valence-corrected chi connectivity index (χ2v) is 6.01. The first-order chi connectivity index (χ1) is 9.17. The highest BCUT2D eigenvalue weighted by molar-refractivity contribution is 6.21. The summed E-state index contributed by atoms with van der Waals surface area (Å²) in [6.07, 6.45) is 1.39. The van der Waals surface area contributed by atoms with Crippen LogP contribution >= 0.6 is 11.6 Å². The van der Waals surface area contributed by atoms with Crippen molar-refractivity contribution < 1.29 is 4.74 Å². The van der Waals surface area contributed by atoms with E-state index in [9.17, 15) is 0 Å². The molecule has 1 fully saturated rings. The Morgan fingerprint density at radius 1 is 1.37 bits per heavy atom. The van der Waals surface area contributed by atoms with Gasteiger partial charge in [0.2, 0.25) is 0 Å².